The van der Waals surface area contributed by atoms with Crippen LogP contribution in [0.3, 0.4) is 0 Å². The molecule has 122 valence electrons. The van der Waals surface area contributed by atoms with Crippen LogP contribution in [0, 0.1) is 13.8 Å². The molecule has 3 rings (SSSR count). The summed E-state index contributed by atoms with van der Waals surface area (Å²) in [6.07, 6.45) is 1.75. The van der Waals surface area contributed by atoms with Crippen LogP contribution in [0.4, 0.5) is 5.82 Å². The van der Waals surface area contributed by atoms with E-state index in [1.807, 2.05) is 37.3 Å². The number of hydrogen-bond acceptors (Lipinski definition) is 4. The number of ether oxygens (including phenoxy) is 1. The highest BCUT2D eigenvalue weighted by Gasteiger charge is 2.04. The van der Waals surface area contributed by atoms with Gasteiger partial charge in [0.05, 0.1) is 18.3 Å². The van der Waals surface area contributed by atoms with Crippen molar-refractivity contribution in [3.05, 3.63) is 65.2 Å². The first-order chi connectivity index (χ1) is 11.7. The summed E-state index contributed by atoms with van der Waals surface area (Å²) in [5, 5.41) is 5.49. The second-order valence-corrected chi connectivity index (χ2v) is 5.64. The number of rotatable bonds is 5. The molecule has 1 heterocycles. The minimum absolute atomic E-state index is 0.628. The molecule has 0 aliphatic rings. The van der Waals surface area contributed by atoms with Gasteiger partial charge in [-0.25, -0.2) is 4.98 Å². The molecule has 0 fully saturated rings. The van der Waals surface area contributed by atoms with Crippen LogP contribution in [0.25, 0.3) is 10.9 Å². The van der Waals surface area contributed by atoms with Gasteiger partial charge in [-0.1, -0.05) is 30.3 Å². The zero-order valence-corrected chi connectivity index (χ0v) is 14.2. The highest BCUT2D eigenvalue weighted by molar-refractivity contribution is 5.87. The molecule has 4 nitrogen and oxygen atoms in total. The molecular formula is C20H21N3O. The molecule has 0 saturated carbocycles. The van der Waals surface area contributed by atoms with E-state index >= 15 is 0 Å². The predicted octanol–water partition coefficient (Wildman–Crippen LogP) is 4.70. The summed E-state index contributed by atoms with van der Waals surface area (Å²) in [7, 11) is 0. The third-order valence-corrected chi connectivity index (χ3v) is 3.85. The Hall–Kier alpha value is -2.88. The van der Waals surface area contributed by atoms with Gasteiger partial charge in [-0.3, -0.25) is 5.43 Å². The minimum atomic E-state index is 0.628. The summed E-state index contributed by atoms with van der Waals surface area (Å²) in [5.41, 5.74) is 7.30. The van der Waals surface area contributed by atoms with Gasteiger partial charge < -0.3 is 4.74 Å². The molecule has 3 aromatic rings. The molecule has 1 N–H and O–H groups in total. The first-order valence-corrected chi connectivity index (χ1v) is 8.07. The molecule has 0 aliphatic heterocycles. The average molecular weight is 319 g/mol. The third-order valence-electron chi connectivity index (χ3n) is 3.85. The Morgan fingerprint density at radius 2 is 1.92 bits per heavy atom. The quantitative estimate of drug-likeness (QED) is 0.548. The Morgan fingerprint density at radius 1 is 1.08 bits per heavy atom. The summed E-state index contributed by atoms with van der Waals surface area (Å²) in [4.78, 5) is 4.67. The van der Waals surface area contributed by atoms with Gasteiger partial charge in [0.2, 0.25) is 0 Å². The number of aryl methyl sites for hydroxylation is 2. The number of pyridine rings is 1. The number of fused-ring (bicyclic) bond motifs is 1. The smallest absolute Gasteiger partial charge is 0.147 e. The Bertz CT molecular complexity index is 887. The van der Waals surface area contributed by atoms with Gasteiger partial charge in [-0.2, -0.15) is 5.10 Å². The molecule has 1 aromatic heterocycles. The lowest BCUT2D eigenvalue weighted by Gasteiger charge is -2.08. The maximum Gasteiger partial charge on any atom is 0.147 e. The molecular weight excluding hydrogens is 298 g/mol. The van der Waals surface area contributed by atoms with Gasteiger partial charge >= 0.3 is 0 Å². The second-order valence-electron chi connectivity index (χ2n) is 5.64. The molecule has 24 heavy (non-hydrogen) atoms. The number of nitrogens with one attached hydrogen (secondary N) is 1. The molecule has 0 bridgehead atoms. The van der Waals surface area contributed by atoms with E-state index in [-0.39, 0.29) is 0 Å². The van der Waals surface area contributed by atoms with Crippen molar-refractivity contribution >= 4 is 22.9 Å². The molecule has 0 aliphatic carbocycles. The SMILES string of the molecule is CCOc1ccccc1/C=N/Nc1cc(C)c2cccc(C)c2n1. The van der Waals surface area contributed by atoms with Crippen molar-refractivity contribution in [2.24, 2.45) is 5.10 Å². The second kappa shape index (κ2) is 7.13. The fraction of sp³-hybridized carbons (Fsp3) is 0.200. The minimum Gasteiger partial charge on any atom is -0.493 e. The Labute approximate surface area is 142 Å². The van der Waals surface area contributed by atoms with E-state index in [2.05, 4.69) is 47.6 Å². The van der Waals surface area contributed by atoms with Crippen molar-refractivity contribution in [3.63, 3.8) is 0 Å². The molecule has 2 aromatic carbocycles. The summed E-state index contributed by atoms with van der Waals surface area (Å²) in [6.45, 7) is 6.75. The Kier molecular flexibility index (Phi) is 4.75. The first-order valence-electron chi connectivity index (χ1n) is 8.07. The number of hydrogen-bond donors (Lipinski definition) is 1. The van der Waals surface area contributed by atoms with Crippen molar-refractivity contribution in [1.29, 1.82) is 0 Å². The summed E-state index contributed by atoms with van der Waals surface area (Å²) >= 11 is 0. The molecule has 0 unspecified atom stereocenters. The summed E-state index contributed by atoms with van der Waals surface area (Å²) < 4.78 is 5.60. The van der Waals surface area contributed by atoms with Crippen LogP contribution in [-0.2, 0) is 0 Å². The number of para-hydroxylation sites is 2. The lowest BCUT2D eigenvalue weighted by Crippen LogP contribution is -1.98. The van der Waals surface area contributed by atoms with Gasteiger partial charge in [0.15, 0.2) is 0 Å². The van der Waals surface area contributed by atoms with Gasteiger partial charge in [-0.05, 0) is 50.1 Å². The molecule has 0 atom stereocenters. The van der Waals surface area contributed by atoms with E-state index in [1.165, 1.54) is 10.9 Å². The highest BCUT2D eigenvalue weighted by atomic mass is 16.5. The number of anilines is 1. The molecule has 0 saturated heterocycles. The third kappa shape index (κ3) is 3.38. The van der Waals surface area contributed by atoms with E-state index in [9.17, 15) is 0 Å². The zero-order valence-electron chi connectivity index (χ0n) is 14.2. The monoisotopic (exact) mass is 319 g/mol. The van der Waals surface area contributed by atoms with Crippen LogP contribution in [-0.4, -0.2) is 17.8 Å². The van der Waals surface area contributed by atoms with Crippen molar-refractivity contribution in [2.45, 2.75) is 20.8 Å². The maximum atomic E-state index is 5.60. The van der Waals surface area contributed by atoms with E-state index in [0.29, 0.717) is 6.61 Å². The lowest BCUT2D eigenvalue weighted by atomic mass is 10.1. The van der Waals surface area contributed by atoms with Crippen LogP contribution < -0.4 is 10.2 Å². The van der Waals surface area contributed by atoms with E-state index < -0.39 is 0 Å². The van der Waals surface area contributed by atoms with Crippen molar-refractivity contribution in [1.82, 2.24) is 4.98 Å². The average Bonchev–Trinajstić information content (AvgIpc) is 2.58. The topological polar surface area (TPSA) is 46.5 Å². The summed E-state index contributed by atoms with van der Waals surface area (Å²) in [6, 6.07) is 16.1. The van der Waals surface area contributed by atoms with Crippen molar-refractivity contribution in [2.75, 3.05) is 12.0 Å². The summed E-state index contributed by atoms with van der Waals surface area (Å²) in [5.74, 6) is 1.56. The predicted molar refractivity (Wildman–Crippen MR) is 100 cm³/mol. The first kappa shape index (κ1) is 16.0. The van der Waals surface area contributed by atoms with Gasteiger partial charge in [0.1, 0.15) is 11.6 Å². The maximum absolute atomic E-state index is 5.60. The van der Waals surface area contributed by atoms with Gasteiger partial charge in [0.25, 0.3) is 0 Å². The van der Waals surface area contributed by atoms with Crippen LogP contribution in [0.5, 0.6) is 5.75 Å². The van der Waals surface area contributed by atoms with Crippen LogP contribution in [0.1, 0.15) is 23.6 Å². The fourth-order valence-corrected chi connectivity index (χ4v) is 2.66. The van der Waals surface area contributed by atoms with Crippen molar-refractivity contribution < 1.29 is 4.74 Å². The molecule has 0 amide bonds. The van der Waals surface area contributed by atoms with Gasteiger partial charge in [0, 0.05) is 10.9 Å². The number of nitrogens with zero attached hydrogens (tertiary/aromatic N) is 2. The Morgan fingerprint density at radius 3 is 2.75 bits per heavy atom. The van der Waals surface area contributed by atoms with Crippen LogP contribution in [0.2, 0.25) is 0 Å². The number of aromatic nitrogens is 1. The van der Waals surface area contributed by atoms with E-state index in [1.54, 1.807) is 6.21 Å². The normalized spacial score (nSPS) is 11.1. The lowest BCUT2D eigenvalue weighted by molar-refractivity contribution is 0.340. The van der Waals surface area contributed by atoms with E-state index in [4.69, 9.17) is 4.74 Å². The van der Waals surface area contributed by atoms with Crippen molar-refractivity contribution in [3.8, 4) is 5.75 Å². The highest BCUT2D eigenvalue weighted by Crippen LogP contribution is 2.23. The zero-order chi connectivity index (χ0) is 16.9. The standard InChI is InChI=1S/C20H21N3O/c1-4-24-18-11-6-5-9-16(18)13-21-23-19-12-15(3)17-10-7-8-14(2)20(17)22-19/h5-13H,4H2,1-3H3,(H,22,23)/b21-13+. The Balaban J connectivity index is 1.85. The van der Waals surface area contributed by atoms with E-state index in [0.717, 1.165) is 28.2 Å². The molecule has 0 radical (unpaired) electrons. The fourth-order valence-electron chi connectivity index (χ4n) is 2.66. The number of hydrazone groups is 1. The van der Waals surface area contributed by atoms with Gasteiger partial charge in [-0.15, -0.1) is 0 Å². The van der Waals surface area contributed by atoms with Crippen LogP contribution in [0.15, 0.2) is 53.6 Å². The molecule has 0 spiro atoms. The number of benzene rings is 2. The largest absolute Gasteiger partial charge is 0.493 e. The molecule has 4 heteroatoms. The van der Waals surface area contributed by atoms with Crippen LogP contribution >= 0.6 is 0 Å².